The van der Waals surface area contributed by atoms with Gasteiger partial charge in [0.05, 0.1) is 10.5 Å². The highest BCUT2D eigenvalue weighted by Gasteiger charge is 2.52. The zero-order valence-corrected chi connectivity index (χ0v) is 14.7. The third-order valence-electron chi connectivity index (χ3n) is 5.63. The van der Waals surface area contributed by atoms with E-state index in [2.05, 4.69) is 25.5 Å². The van der Waals surface area contributed by atoms with Crippen molar-refractivity contribution in [3.05, 3.63) is 12.3 Å². The van der Waals surface area contributed by atoms with Gasteiger partial charge >= 0.3 is 0 Å². The Hall–Kier alpha value is -1.41. The average molecular weight is 351 g/mol. The number of hydrogen-bond donors (Lipinski definition) is 2. The number of rotatable bonds is 3. The van der Waals surface area contributed by atoms with Crippen molar-refractivity contribution < 1.29 is 8.42 Å². The maximum atomic E-state index is 12.4. The Bertz CT molecular complexity index is 698. The van der Waals surface area contributed by atoms with E-state index in [9.17, 15) is 8.42 Å². The molecule has 7 nitrogen and oxygen atoms in total. The molecule has 0 amide bonds. The van der Waals surface area contributed by atoms with E-state index in [0.29, 0.717) is 25.1 Å². The fourth-order valence-corrected chi connectivity index (χ4v) is 6.12. The van der Waals surface area contributed by atoms with Gasteiger partial charge in [0.1, 0.15) is 5.82 Å². The van der Waals surface area contributed by atoms with E-state index in [1.54, 1.807) is 6.20 Å². The smallest absolute Gasteiger partial charge is 0.224 e. The van der Waals surface area contributed by atoms with Crippen LogP contribution in [0.1, 0.15) is 32.1 Å². The Balaban J connectivity index is 1.49. The van der Waals surface area contributed by atoms with Crippen molar-refractivity contribution in [3.8, 4) is 0 Å². The van der Waals surface area contributed by atoms with Gasteiger partial charge in [-0.05, 0) is 38.3 Å². The Morgan fingerprint density at radius 1 is 1.33 bits per heavy atom. The van der Waals surface area contributed by atoms with Crippen LogP contribution >= 0.6 is 0 Å². The summed E-state index contributed by atoms with van der Waals surface area (Å²) in [5.41, 5.74) is 0. The number of nitrogens with zero attached hydrogens (tertiary/aromatic N) is 3. The molecule has 1 aromatic heterocycles. The summed E-state index contributed by atoms with van der Waals surface area (Å²) >= 11 is 0. The topological polar surface area (TPSA) is 87.2 Å². The predicted molar refractivity (Wildman–Crippen MR) is 94.1 cm³/mol. The Morgan fingerprint density at radius 2 is 2.21 bits per heavy atom. The van der Waals surface area contributed by atoms with Crippen molar-refractivity contribution in [2.24, 2.45) is 0 Å². The lowest BCUT2D eigenvalue weighted by Gasteiger charge is -2.48. The summed E-state index contributed by atoms with van der Waals surface area (Å²) in [4.78, 5) is 11.1. The van der Waals surface area contributed by atoms with Gasteiger partial charge < -0.3 is 15.5 Å². The maximum Gasteiger partial charge on any atom is 0.224 e. The highest BCUT2D eigenvalue weighted by molar-refractivity contribution is 7.93. The fraction of sp³-hybridized carbons (Fsp3) is 0.750. The molecule has 2 aliphatic heterocycles. The summed E-state index contributed by atoms with van der Waals surface area (Å²) in [6, 6.07) is 2.24. The van der Waals surface area contributed by atoms with Gasteiger partial charge in [0, 0.05) is 31.9 Å². The summed E-state index contributed by atoms with van der Waals surface area (Å²) in [5, 5.41) is 6.77. The minimum absolute atomic E-state index is 0.228. The van der Waals surface area contributed by atoms with Gasteiger partial charge in [0.2, 0.25) is 5.95 Å². The van der Waals surface area contributed by atoms with Gasteiger partial charge in [-0.25, -0.2) is 13.4 Å². The van der Waals surface area contributed by atoms with Crippen molar-refractivity contribution in [2.45, 2.75) is 42.9 Å². The van der Waals surface area contributed by atoms with E-state index in [-0.39, 0.29) is 5.75 Å². The lowest BCUT2D eigenvalue weighted by molar-refractivity contribution is 0.328. The number of sulfone groups is 1. The van der Waals surface area contributed by atoms with Crippen LogP contribution in [-0.4, -0.2) is 61.1 Å². The monoisotopic (exact) mass is 351 g/mol. The molecular weight excluding hydrogens is 326 g/mol. The van der Waals surface area contributed by atoms with Crippen molar-refractivity contribution >= 4 is 21.6 Å². The fourth-order valence-electron chi connectivity index (χ4n) is 3.96. The van der Waals surface area contributed by atoms with Gasteiger partial charge in [-0.1, -0.05) is 6.42 Å². The van der Waals surface area contributed by atoms with E-state index >= 15 is 0 Å². The molecule has 1 unspecified atom stereocenters. The summed E-state index contributed by atoms with van der Waals surface area (Å²) in [5.74, 6) is 1.70. The van der Waals surface area contributed by atoms with E-state index in [4.69, 9.17) is 0 Å². The van der Waals surface area contributed by atoms with E-state index in [1.807, 2.05) is 6.07 Å². The first-order valence-corrected chi connectivity index (χ1v) is 10.5. The lowest BCUT2D eigenvalue weighted by Crippen LogP contribution is -2.60. The first-order chi connectivity index (χ1) is 11.6. The zero-order valence-electron chi connectivity index (χ0n) is 13.9. The Morgan fingerprint density at radius 3 is 2.92 bits per heavy atom. The van der Waals surface area contributed by atoms with Crippen LogP contribution in [0.4, 0.5) is 11.8 Å². The number of aromatic nitrogens is 2. The number of hydrogen-bond acceptors (Lipinski definition) is 7. The molecule has 0 radical (unpaired) electrons. The molecule has 3 aliphatic rings. The van der Waals surface area contributed by atoms with Crippen LogP contribution in [0.2, 0.25) is 0 Å². The minimum Gasteiger partial charge on any atom is -0.354 e. The van der Waals surface area contributed by atoms with Crippen molar-refractivity contribution in [2.75, 3.05) is 42.1 Å². The molecule has 3 fully saturated rings. The van der Waals surface area contributed by atoms with Gasteiger partial charge in [-0.15, -0.1) is 0 Å². The summed E-state index contributed by atoms with van der Waals surface area (Å²) < 4.78 is 24.3. The van der Waals surface area contributed by atoms with Gasteiger partial charge in [-0.3, -0.25) is 0 Å². The second-order valence-electron chi connectivity index (χ2n) is 7.20. The molecule has 0 bridgehead atoms. The molecule has 8 heteroatoms. The molecular formula is C16H25N5O2S. The quantitative estimate of drug-likeness (QED) is 0.833. The first kappa shape index (κ1) is 16.1. The van der Waals surface area contributed by atoms with Crippen molar-refractivity contribution in [1.82, 2.24) is 15.3 Å². The highest BCUT2D eigenvalue weighted by atomic mass is 32.2. The third-order valence-corrected chi connectivity index (χ3v) is 8.21. The molecule has 4 rings (SSSR count). The van der Waals surface area contributed by atoms with Crippen molar-refractivity contribution in [1.29, 1.82) is 0 Å². The highest BCUT2D eigenvalue weighted by Crippen LogP contribution is 2.43. The van der Waals surface area contributed by atoms with Crippen molar-refractivity contribution in [3.63, 3.8) is 0 Å². The van der Waals surface area contributed by atoms with Crippen LogP contribution < -0.4 is 15.5 Å². The number of nitrogens with one attached hydrogen (secondary N) is 2. The molecule has 2 N–H and O–H groups in total. The largest absolute Gasteiger partial charge is 0.354 e. The average Bonchev–Trinajstić information content (AvgIpc) is 2.54. The van der Waals surface area contributed by atoms with E-state index in [0.717, 1.165) is 51.0 Å². The molecule has 1 atom stereocenters. The molecule has 1 aliphatic carbocycles. The maximum absolute atomic E-state index is 12.4. The van der Waals surface area contributed by atoms with E-state index in [1.165, 1.54) is 0 Å². The van der Waals surface area contributed by atoms with Crippen LogP contribution in [0.3, 0.4) is 0 Å². The zero-order chi connectivity index (χ0) is 16.6. The molecule has 1 saturated carbocycles. The number of anilines is 2. The molecule has 0 aromatic carbocycles. The van der Waals surface area contributed by atoms with Crippen LogP contribution in [0.15, 0.2) is 12.3 Å². The summed E-state index contributed by atoms with van der Waals surface area (Å²) in [6.45, 7) is 3.09. The van der Waals surface area contributed by atoms with Crippen LogP contribution in [0, 0.1) is 0 Å². The predicted octanol–water partition coefficient (Wildman–Crippen LogP) is 0.798. The molecule has 1 spiro atoms. The minimum atomic E-state index is -2.97. The second-order valence-corrected chi connectivity index (χ2v) is 9.71. The summed E-state index contributed by atoms with van der Waals surface area (Å²) in [6.07, 6.45) is 6.62. The molecule has 24 heavy (non-hydrogen) atoms. The molecule has 2 saturated heterocycles. The molecule has 1 aromatic rings. The van der Waals surface area contributed by atoms with E-state index < -0.39 is 14.6 Å². The van der Waals surface area contributed by atoms with Gasteiger partial charge in [0.15, 0.2) is 9.84 Å². The molecule has 132 valence electrons. The summed E-state index contributed by atoms with van der Waals surface area (Å²) in [7, 11) is -2.97. The van der Waals surface area contributed by atoms with Crippen LogP contribution in [0.5, 0.6) is 0 Å². The third kappa shape index (κ3) is 2.86. The SMILES string of the molecule is O=S1(=O)CCN(c2ccnc(NC3CCCNC3)n2)CC12CCC2. The Labute approximate surface area is 143 Å². The normalized spacial score (nSPS) is 28.3. The number of piperidine rings is 1. The lowest BCUT2D eigenvalue weighted by atomic mass is 9.83. The van der Waals surface area contributed by atoms with Gasteiger partial charge in [0.25, 0.3) is 0 Å². The second kappa shape index (κ2) is 6.15. The van der Waals surface area contributed by atoms with Gasteiger partial charge in [-0.2, -0.15) is 4.98 Å². The van der Waals surface area contributed by atoms with Crippen LogP contribution in [-0.2, 0) is 9.84 Å². The Kier molecular flexibility index (Phi) is 4.12. The molecule has 3 heterocycles. The van der Waals surface area contributed by atoms with Crippen LogP contribution in [0.25, 0.3) is 0 Å². The standard InChI is InChI=1S/C16H25N5O2S/c22-24(23)10-9-21(12-16(24)5-2-6-16)14-4-8-18-15(20-14)19-13-3-1-7-17-11-13/h4,8,13,17H,1-3,5-7,9-12H2,(H,18,19,20). The first-order valence-electron chi connectivity index (χ1n) is 8.86.